The predicted octanol–water partition coefficient (Wildman–Crippen LogP) is 3.21. The zero-order valence-corrected chi connectivity index (χ0v) is 13.9. The van der Waals surface area contributed by atoms with E-state index in [-0.39, 0.29) is 11.3 Å². The molecular weight excluding hydrogens is 318 g/mol. The molecule has 5 heteroatoms. The second kappa shape index (κ2) is 7.84. The normalized spacial score (nSPS) is 9.64. The van der Waals surface area contributed by atoms with E-state index in [0.717, 1.165) is 0 Å². The maximum absolute atomic E-state index is 12.3. The molecule has 25 heavy (non-hydrogen) atoms. The fourth-order valence-corrected chi connectivity index (χ4v) is 2.38. The number of terminal acetylenes is 1. The van der Waals surface area contributed by atoms with Gasteiger partial charge in [0.2, 0.25) is 5.43 Å². The van der Waals surface area contributed by atoms with Crippen molar-refractivity contribution >= 4 is 16.9 Å². The number of carboxylic acid groups (broad SMARTS) is 1. The molecule has 1 heterocycles. The summed E-state index contributed by atoms with van der Waals surface area (Å²) < 4.78 is 5.13. The number of ether oxygens (including phenoxy) is 1. The molecule has 0 spiro atoms. The second-order valence-corrected chi connectivity index (χ2v) is 5.14. The van der Waals surface area contributed by atoms with Crippen molar-refractivity contribution in [1.29, 1.82) is 0 Å². The molecule has 2 aromatic carbocycles. The zero-order chi connectivity index (χ0) is 18.4. The van der Waals surface area contributed by atoms with Gasteiger partial charge >= 0.3 is 5.97 Å². The van der Waals surface area contributed by atoms with Gasteiger partial charge in [-0.1, -0.05) is 48.4 Å². The number of pyridine rings is 1. The van der Waals surface area contributed by atoms with E-state index in [1.165, 1.54) is 7.11 Å². The van der Waals surface area contributed by atoms with Crippen LogP contribution in [0.1, 0.15) is 21.6 Å². The first-order valence-corrected chi connectivity index (χ1v) is 7.44. The smallest absolute Gasteiger partial charge is 0.353 e. The molecule has 126 valence electrons. The summed E-state index contributed by atoms with van der Waals surface area (Å²) in [6.45, 7) is 1.75. The summed E-state index contributed by atoms with van der Waals surface area (Å²) in [5.74, 6) is 1.25. The minimum absolute atomic E-state index is 0.184. The van der Waals surface area contributed by atoms with E-state index in [2.05, 4.69) is 10.9 Å². The Labute approximate surface area is 144 Å². The van der Waals surface area contributed by atoms with Crippen LogP contribution in [0.2, 0.25) is 0 Å². The van der Waals surface area contributed by atoms with Crippen molar-refractivity contribution in [3.8, 4) is 18.1 Å². The average molecular weight is 335 g/mol. The van der Waals surface area contributed by atoms with Crippen molar-refractivity contribution in [3.05, 3.63) is 75.6 Å². The van der Waals surface area contributed by atoms with Crippen molar-refractivity contribution in [3.63, 3.8) is 0 Å². The lowest BCUT2D eigenvalue weighted by Gasteiger charge is -2.10. The molecule has 1 aromatic heterocycles. The molecular formula is C20H17NO4. The monoisotopic (exact) mass is 335 g/mol. The van der Waals surface area contributed by atoms with Crippen LogP contribution >= 0.6 is 0 Å². The molecule has 0 aliphatic heterocycles. The number of aromatic amines is 1. The van der Waals surface area contributed by atoms with Crippen molar-refractivity contribution < 1.29 is 14.6 Å². The molecule has 0 saturated carbocycles. The van der Waals surface area contributed by atoms with Crippen LogP contribution in [0.5, 0.6) is 5.75 Å². The number of H-pyrrole nitrogens is 1. The van der Waals surface area contributed by atoms with Crippen molar-refractivity contribution in [2.75, 3.05) is 7.11 Å². The molecule has 0 saturated heterocycles. The zero-order valence-electron chi connectivity index (χ0n) is 13.9. The van der Waals surface area contributed by atoms with E-state index < -0.39 is 11.4 Å². The lowest BCUT2D eigenvalue weighted by atomic mass is 10.0. The number of hydrogen-bond donors (Lipinski definition) is 2. The first-order chi connectivity index (χ1) is 12.0. The van der Waals surface area contributed by atoms with Gasteiger partial charge in [0.05, 0.1) is 18.0 Å². The highest BCUT2D eigenvalue weighted by Crippen LogP contribution is 2.25. The standard InChI is InChI=1S/C14H11NO4.C6H6/c1-4-8-11(14(17)18)15-12-9(19-3)6-5-7(2)10(12)13(8)16;1-2-4-6-5-3-1/h1,5-6H,2-3H3,(H,15,16)(H,17,18);1-6H. The third-order valence-corrected chi connectivity index (χ3v) is 3.57. The Kier molecular flexibility index (Phi) is 5.59. The molecule has 0 aliphatic rings. The molecule has 2 N–H and O–H groups in total. The van der Waals surface area contributed by atoms with Gasteiger partial charge in [0, 0.05) is 0 Å². The number of methoxy groups -OCH3 is 1. The summed E-state index contributed by atoms with van der Waals surface area (Å²) in [6.07, 6.45) is 5.24. The van der Waals surface area contributed by atoms with E-state index in [1.54, 1.807) is 19.1 Å². The van der Waals surface area contributed by atoms with Crippen LogP contribution < -0.4 is 10.2 Å². The Bertz CT molecular complexity index is 971. The quantitative estimate of drug-likeness (QED) is 0.705. The highest BCUT2D eigenvalue weighted by atomic mass is 16.5. The number of aryl methyl sites for hydroxylation is 1. The molecule has 3 aromatic rings. The Balaban J connectivity index is 0.000000316. The van der Waals surface area contributed by atoms with Crippen LogP contribution in [0.25, 0.3) is 10.9 Å². The third kappa shape index (κ3) is 3.70. The second-order valence-electron chi connectivity index (χ2n) is 5.14. The Morgan fingerprint density at radius 1 is 1.16 bits per heavy atom. The van der Waals surface area contributed by atoms with Crippen LogP contribution in [0, 0.1) is 19.3 Å². The third-order valence-electron chi connectivity index (χ3n) is 3.57. The van der Waals surface area contributed by atoms with Gasteiger partial charge in [-0.2, -0.15) is 0 Å². The minimum atomic E-state index is -1.28. The number of fused-ring (bicyclic) bond motifs is 1. The van der Waals surface area contributed by atoms with Crippen LogP contribution in [-0.2, 0) is 0 Å². The first-order valence-electron chi connectivity index (χ1n) is 7.44. The van der Waals surface area contributed by atoms with Crippen molar-refractivity contribution in [1.82, 2.24) is 4.98 Å². The molecule has 0 unspecified atom stereocenters. The highest BCUT2D eigenvalue weighted by Gasteiger charge is 2.18. The summed E-state index contributed by atoms with van der Waals surface area (Å²) in [7, 11) is 1.44. The lowest BCUT2D eigenvalue weighted by molar-refractivity contribution is 0.0690. The number of hydrogen-bond acceptors (Lipinski definition) is 3. The highest BCUT2D eigenvalue weighted by molar-refractivity contribution is 5.95. The number of carboxylic acids is 1. The van der Waals surface area contributed by atoms with Gasteiger partial charge in [-0.05, 0) is 18.6 Å². The maximum atomic E-state index is 12.3. The average Bonchev–Trinajstić information content (AvgIpc) is 2.63. The molecule has 0 bridgehead atoms. The van der Waals surface area contributed by atoms with Gasteiger partial charge in [0.1, 0.15) is 17.0 Å². The Hall–Kier alpha value is -3.52. The van der Waals surface area contributed by atoms with Gasteiger partial charge in [-0.15, -0.1) is 6.42 Å². The van der Waals surface area contributed by atoms with E-state index in [0.29, 0.717) is 22.2 Å². The van der Waals surface area contributed by atoms with Gasteiger partial charge in [0.25, 0.3) is 0 Å². The molecule has 0 fully saturated rings. The van der Waals surface area contributed by atoms with Crippen LogP contribution in [0.15, 0.2) is 53.3 Å². The van der Waals surface area contributed by atoms with Crippen LogP contribution in [-0.4, -0.2) is 23.2 Å². The number of aromatic nitrogens is 1. The number of rotatable bonds is 2. The number of carbonyl (C=O) groups is 1. The van der Waals surface area contributed by atoms with E-state index in [9.17, 15) is 9.59 Å². The number of aromatic carboxylic acids is 1. The molecule has 3 rings (SSSR count). The summed E-state index contributed by atoms with van der Waals surface area (Å²) in [4.78, 5) is 26.1. The SMILES string of the molecule is C#Cc1c(C(=O)O)[nH]c2c(OC)ccc(C)c2c1=O.c1ccccc1. The summed E-state index contributed by atoms with van der Waals surface area (Å²) in [5, 5.41) is 9.45. The van der Waals surface area contributed by atoms with Crippen molar-refractivity contribution in [2.45, 2.75) is 6.92 Å². The lowest BCUT2D eigenvalue weighted by Crippen LogP contribution is -2.17. The van der Waals surface area contributed by atoms with E-state index in [4.69, 9.17) is 16.3 Å². The fourth-order valence-electron chi connectivity index (χ4n) is 2.38. The number of nitrogens with one attached hydrogen (secondary N) is 1. The fraction of sp³-hybridized carbons (Fsp3) is 0.100. The topological polar surface area (TPSA) is 79.4 Å². The summed E-state index contributed by atoms with van der Waals surface area (Å²) >= 11 is 0. The molecule has 0 atom stereocenters. The molecule has 0 aliphatic carbocycles. The van der Waals surface area contributed by atoms with Gasteiger partial charge in [-0.25, -0.2) is 4.79 Å². The van der Waals surface area contributed by atoms with E-state index in [1.807, 2.05) is 36.4 Å². The molecule has 5 nitrogen and oxygen atoms in total. The molecule has 0 radical (unpaired) electrons. The summed E-state index contributed by atoms with van der Waals surface area (Å²) in [6, 6.07) is 15.4. The number of benzene rings is 2. The predicted molar refractivity (Wildman–Crippen MR) is 97.2 cm³/mol. The van der Waals surface area contributed by atoms with Gasteiger partial charge in [0.15, 0.2) is 0 Å². The Morgan fingerprint density at radius 3 is 2.16 bits per heavy atom. The maximum Gasteiger partial charge on any atom is 0.353 e. The summed E-state index contributed by atoms with van der Waals surface area (Å²) in [5.41, 5.74) is 0.0692. The van der Waals surface area contributed by atoms with Crippen LogP contribution in [0.3, 0.4) is 0 Å². The van der Waals surface area contributed by atoms with Crippen LogP contribution in [0.4, 0.5) is 0 Å². The van der Waals surface area contributed by atoms with Gasteiger partial charge < -0.3 is 14.8 Å². The minimum Gasteiger partial charge on any atom is -0.495 e. The molecule has 0 amide bonds. The van der Waals surface area contributed by atoms with E-state index >= 15 is 0 Å². The van der Waals surface area contributed by atoms with Crippen molar-refractivity contribution in [2.24, 2.45) is 0 Å². The first kappa shape index (κ1) is 17.8. The van der Waals surface area contributed by atoms with Gasteiger partial charge in [-0.3, -0.25) is 4.79 Å². The largest absolute Gasteiger partial charge is 0.495 e. The Morgan fingerprint density at radius 2 is 1.72 bits per heavy atom.